The lowest BCUT2D eigenvalue weighted by molar-refractivity contribution is -0.133. The summed E-state index contributed by atoms with van der Waals surface area (Å²) in [6.07, 6.45) is 1.85. The summed E-state index contributed by atoms with van der Waals surface area (Å²) < 4.78 is 26.8. The fraction of sp³-hybridized carbons (Fsp3) is 0.321. The highest BCUT2D eigenvalue weighted by Gasteiger charge is 2.36. The highest BCUT2D eigenvalue weighted by Crippen LogP contribution is 2.39. The predicted molar refractivity (Wildman–Crippen MR) is 140 cm³/mol. The molecule has 3 aromatic rings. The molecule has 0 spiro atoms. The second-order valence-corrected chi connectivity index (χ2v) is 8.54. The number of nitrogens with zero attached hydrogens (tertiary/aromatic N) is 3. The van der Waals surface area contributed by atoms with Crippen LogP contribution < -0.4 is 14.2 Å². The van der Waals surface area contributed by atoms with E-state index in [2.05, 4.69) is 0 Å². The van der Waals surface area contributed by atoms with Crippen LogP contribution in [0.4, 0.5) is 0 Å². The summed E-state index contributed by atoms with van der Waals surface area (Å²) in [6, 6.07) is 15.6. The van der Waals surface area contributed by atoms with Crippen LogP contribution in [0.5, 0.6) is 17.2 Å². The van der Waals surface area contributed by atoms with Crippen LogP contribution in [0.25, 0.3) is 0 Å². The van der Waals surface area contributed by atoms with E-state index in [-0.39, 0.29) is 31.4 Å². The molecule has 0 radical (unpaired) electrons. The van der Waals surface area contributed by atoms with Crippen molar-refractivity contribution in [2.45, 2.75) is 12.5 Å². The average molecular weight is 522 g/mol. The van der Waals surface area contributed by atoms with Crippen molar-refractivity contribution in [1.29, 1.82) is 0 Å². The van der Waals surface area contributed by atoms with Crippen LogP contribution in [0.1, 0.15) is 34.1 Å². The molecule has 0 saturated heterocycles. The molecular weight excluding hydrogens is 490 g/mol. The maximum absolute atomic E-state index is 13.8. The zero-order chi connectivity index (χ0) is 27.1. The molecule has 0 unspecified atom stereocenters. The van der Waals surface area contributed by atoms with Gasteiger partial charge in [0, 0.05) is 25.6 Å². The third-order valence-electron chi connectivity index (χ3n) is 6.30. The Morgan fingerprint density at radius 2 is 1.74 bits per heavy atom. The van der Waals surface area contributed by atoms with E-state index < -0.39 is 11.9 Å². The van der Waals surface area contributed by atoms with Crippen molar-refractivity contribution in [2.75, 3.05) is 48.1 Å². The van der Waals surface area contributed by atoms with Crippen LogP contribution in [0.3, 0.4) is 0 Å². The van der Waals surface area contributed by atoms with Gasteiger partial charge in [-0.05, 0) is 60.2 Å². The zero-order valence-electron chi connectivity index (χ0n) is 21.9. The van der Waals surface area contributed by atoms with E-state index in [1.165, 1.54) is 23.3 Å². The molecule has 0 fully saturated rings. The fourth-order valence-electron chi connectivity index (χ4n) is 4.29. The second kappa shape index (κ2) is 12.3. The largest absolute Gasteiger partial charge is 0.497 e. The Morgan fingerprint density at radius 1 is 1.00 bits per heavy atom. The van der Waals surface area contributed by atoms with Gasteiger partial charge in [0.1, 0.15) is 23.8 Å². The van der Waals surface area contributed by atoms with Gasteiger partial charge in [-0.25, -0.2) is 5.01 Å². The van der Waals surface area contributed by atoms with E-state index in [0.717, 1.165) is 22.6 Å². The van der Waals surface area contributed by atoms with Crippen molar-refractivity contribution in [3.8, 4) is 17.2 Å². The number of carbonyl (C=O) groups is 2. The summed E-state index contributed by atoms with van der Waals surface area (Å²) in [5.74, 6) is 1.32. The molecule has 10 nitrogen and oxygen atoms in total. The van der Waals surface area contributed by atoms with Gasteiger partial charge in [0.25, 0.3) is 11.8 Å². The number of hydrogen-bond donors (Lipinski definition) is 0. The second-order valence-electron chi connectivity index (χ2n) is 8.54. The fourth-order valence-corrected chi connectivity index (χ4v) is 4.29. The number of benzene rings is 2. The van der Waals surface area contributed by atoms with Gasteiger partial charge in [0.2, 0.25) is 0 Å². The van der Waals surface area contributed by atoms with Crippen molar-refractivity contribution < 1.29 is 33.0 Å². The van der Waals surface area contributed by atoms with Crippen LogP contribution in [0.2, 0.25) is 0 Å². The van der Waals surface area contributed by atoms with Gasteiger partial charge in [-0.2, -0.15) is 5.10 Å². The monoisotopic (exact) mass is 521 g/mol. The van der Waals surface area contributed by atoms with Crippen molar-refractivity contribution in [2.24, 2.45) is 5.10 Å². The summed E-state index contributed by atoms with van der Waals surface area (Å²) in [5, 5.41) is 6.15. The van der Waals surface area contributed by atoms with Crippen LogP contribution in [0, 0.1) is 0 Å². The Kier molecular flexibility index (Phi) is 8.65. The normalized spacial score (nSPS) is 14.7. The molecule has 2 amide bonds. The molecule has 2 aromatic carbocycles. The first-order valence-electron chi connectivity index (χ1n) is 12.1. The molecule has 1 atom stereocenters. The van der Waals surface area contributed by atoms with Crippen molar-refractivity contribution >= 4 is 17.5 Å². The van der Waals surface area contributed by atoms with Gasteiger partial charge in [0.15, 0.2) is 5.76 Å². The number of hydrazone groups is 1. The number of rotatable bonds is 11. The Bertz CT molecular complexity index is 1270. The van der Waals surface area contributed by atoms with E-state index in [9.17, 15) is 9.59 Å². The first-order valence-corrected chi connectivity index (χ1v) is 12.1. The lowest BCUT2D eigenvalue weighted by atomic mass is 9.97. The lowest BCUT2D eigenvalue weighted by Crippen LogP contribution is -2.42. The Morgan fingerprint density at radius 3 is 2.37 bits per heavy atom. The van der Waals surface area contributed by atoms with Crippen molar-refractivity contribution in [3.05, 3.63) is 77.7 Å². The summed E-state index contributed by atoms with van der Waals surface area (Å²) in [7, 11) is 6.30. The SMILES string of the molecule is COCCN(CC(=O)N1N=C(c2ccc(OC)cc2)C[C@@H]1c1cc(OC)ccc1OC)C(=O)c1ccco1. The minimum atomic E-state index is -0.479. The summed E-state index contributed by atoms with van der Waals surface area (Å²) >= 11 is 0. The molecule has 1 aliphatic rings. The molecule has 0 aliphatic carbocycles. The number of carbonyl (C=O) groups excluding carboxylic acids is 2. The molecule has 0 bridgehead atoms. The first-order chi connectivity index (χ1) is 18.5. The molecule has 0 N–H and O–H groups in total. The molecule has 0 saturated carbocycles. The number of furan rings is 1. The van der Waals surface area contributed by atoms with Crippen LogP contribution >= 0.6 is 0 Å². The van der Waals surface area contributed by atoms with Crippen molar-refractivity contribution in [3.63, 3.8) is 0 Å². The quantitative estimate of drug-likeness (QED) is 0.378. The van der Waals surface area contributed by atoms with Gasteiger partial charge in [-0.3, -0.25) is 9.59 Å². The topological polar surface area (TPSA) is 103 Å². The van der Waals surface area contributed by atoms with Crippen LogP contribution in [0.15, 0.2) is 70.4 Å². The van der Waals surface area contributed by atoms with E-state index >= 15 is 0 Å². The molecule has 200 valence electrons. The summed E-state index contributed by atoms with van der Waals surface area (Å²) in [6.45, 7) is 0.246. The van der Waals surface area contributed by atoms with Gasteiger partial charge in [0.05, 0.1) is 46.0 Å². The van der Waals surface area contributed by atoms with Gasteiger partial charge < -0.3 is 28.3 Å². The molecular formula is C28H31N3O7. The van der Waals surface area contributed by atoms with Crippen LogP contribution in [-0.2, 0) is 9.53 Å². The van der Waals surface area contributed by atoms with Gasteiger partial charge in [-0.15, -0.1) is 0 Å². The number of methoxy groups -OCH3 is 4. The molecule has 1 aliphatic heterocycles. The molecule has 2 heterocycles. The number of ether oxygens (including phenoxy) is 4. The van der Waals surface area contributed by atoms with E-state index in [0.29, 0.717) is 17.9 Å². The minimum Gasteiger partial charge on any atom is -0.497 e. The minimum absolute atomic E-state index is 0.142. The van der Waals surface area contributed by atoms with Gasteiger partial charge in [-0.1, -0.05) is 0 Å². The standard InChI is InChI=1S/C28H31N3O7/c1-34-15-13-30(28(33)26-6-5-14-38-26)18-27(32)31-24(22-16-21(36-3)11-12-25(22)37-4)17-23(29-31)19-7-9-20(35-2)10-8-19/h5-12,14,16,24H,13,15,17-18H2,1-4H3/t24-/m1/s1. The van der Waals surface area contributed by atoms with E-state index in [1.807, 2.05) is 30.3 Å². The number of hydrogen-bond acceptors (Lipinski definition) is 8. The maximum atomic E-state index is 13.8. The summed E-state index contributed by atoms with van der Waals surface area (Å²) in [4.78, 5) is 28.2. The van der Waals surface area contributed by atoms with Crippen LogP contribution in [-0.4, -0.2) is 75.6 Å². The molecule has 4 rings (SSSR count). The van der Waals surface area contributed by atoms with E-state index in [4.69, 9.17) is 28.5 Å². The third-order valence-corrected chi connectivity index (χ3v) is 6.30. The third kappa shape index (κ3) is 5.81. The summed E-state index contributed by atoms with van der Waals surface area (Å²) in [5.41, 5.74) is 2.32. The van der Waals surface area contributed by atoms with E-state index in [1.54, 1.807) is 45.6 Å². The first kappa shape index (κ1) is 26.7. The Balaban J connectivity index is 1.69. The highest BCUT2D eigenvalue weighted by molar-refractivity contribution is 6.03. The van der Waals surface area contributed by atoms with Gasteiger partial charge >= 0.3 is 0 Å². The smallest absolute Gasteiger partial charge is 0.290 e. The molecule has 38 heavy (non-hydrogen) atoms. The lowest BCUT2D eigenvalue weighted by Gasteiger charge is -2.27. The predicted octanol–water partition coefficient (Wildman–Crippen LogP) is 3.77. The number of amides is 2. The van der Waals surface area contributed by atoms with Crippen molar-refractivity contribution in [1.82, 2.24) is 9.91 Å². The highest BCUT2D eigenvalue weighted by atomic mass is 16.5. The Labute approximate surface area is 221 Å². The maximum Gasteiger partial charge on any atom is 0.290 e. The molecule has 10 heteroatoms. The average Bonchev–Trinajstić information content (AvgIpc) is 3.65. The Hall–Kier alpha value is -4.31. The zero-order valence-corrected chi connectivity index (χ0v) is 21.9. The molecule has 1 aromatic heterocycles.